The Balaban J connectivity index is 0.000000173. The van der Waals surface area contributed by atoms with E-state index in [1.54, 1.807) is 35.0 Å². The number of carbonyl (C=O) groups is 1. The van der Waals surface area contributed by atoms with Gasteiger partial charge in [0, 0.05) is 22.1 Å². The Morgan fingerprint density at radius 3 is 2.51 bits per heavy atom. The molecule has 0 unspecified atom stereocenters. The molecule has 0 atom stereocenters. The molecule has 0 saturated carbocycles. The summed E-state index contributed by atoms with van der Waals surface area (Å²) in [5.74, 6) is -0.386. The van der Waals surface area contributed by atoms with Crippen LogP contribution in [-0.2, 0) is 20.6 Å². The number of nitrogens with one attached hydrogen (secondary N) is 1. The number of nitrogens with zero attached hydrogens (tertiary/aromatic N) is 2. The van der Waals surface area contributed by atoms with E-state index in [4.69, 9.17) is 9.31 Å². The first-order chi connectivity index (χ1) is 17.5. The van der Waals surface area contributed by atoms with Crippen molar-refractivity contribution in [2.24, 2.45) is 0 Å². The molecule has 1 N–H and O–H groups in total. The summed E-state index contributed by atoms with van der Waals surface area (Å²) >= 11 is 3.32. The van der Waals surface area contributed by atoms with Crippen molar-refractivity contribution >= 4 is 45.4 Å². The topological polar surface area (TPSA) is 95.4 Å². The zero-order chi connectivity index (χ0) is 26.8. The van der Waals surface area contributed by atoms with Crippen molar-refractivity contribution in [1.29, 1.82) is 0 Å². The van der Waals surface area contributed by atoms with Gasteiger partial charge >= 0.3 is 13.1 Å². The number of rotatable bonds is 4. The molecule has 3 heterocycles. The number of halogens is 1. The van der Waals surface area contributed by atoms with Gasteiger partial charge in [-0.2, -0.15) is 5.10 Å². The molecule has 0 spiro atoms. The van der Waals surface area contributed by atoms with Crippen molar-refractivity contribution in [3.05, 3.63) is 92.9 Å². The molecule has 1 aliphatic heterocycles. The van der Waals surface area contributed by atoms with E-state index in [1.807, 2.05) is 30.5 Å². The highest BCUT2D eigenvalue weighted by Gasteiger charge is 2.51. The van der Waals surface area contributed by atoms with E-state index in [-0.39, 0.29) is 29.8 Å². The van der Waals surface area contributed by atoms with E-state index >= 15 is 0 Å². The van der Waals surface area contributed by atoms with Crippen molar-refractivity contribution in [3.8, 4) is 0 Å². The largest absolute Gasteiger partial charge is 0.494 e. The second kappa shape index (κ2) is 10.6. The molecule has 192 valence electrons. The van der Waals surface area contributed by atoms with E-state index in [9.17, 15) is 9.59 Å². The average Bonchev–Trinajstić information content (AvgIpc) is 3.41. The van der Waals surface area contributed by atoms with Gasteiger partial charge in [-0.25, -0.2) is 4.79 Å². The second-order valence-electron chi connectivity index (χ2n) is 9.81. The van der Waals surface area contributed by atoms with Crippen LogP contribution >= 0.6 is 15.9 Å². The van der Waals surface area contributed by atoms with Gasteiger partial charge in [0.1, 0.15) is 0 Å². The molecule has 1 saturated heterocycles. The molecule has 5 rings (SSSR count). The molecule has 0 radical (unpaired) electrons. The van der Waals surface area contributed by atoms with Gasteiger partial charge in [0.05, 0.1) is 42.1 Å². The fourth-order valence-electron chi connectivity index (χ4n) is 3.82. The first kappa shape index (κ1) is 26.8. The van der Waals surface area contributed by atoms with Crippen molar-refractivity contribution in [2.45, 2.75) is 45.4 Å². The smallest absolute Gasteiger partial charge is 0.465 e. The van der Waals surface area contributed by atoms with Crippen LogP contribution in [0.2, 0.25) is 0 Å². The molecule has 2 aromatic carbocycles. The molecule has 8 nitrogen and oxygen atoms in total. The van der Waals surface area contributed by atoms with Crippen LogP contribution in [0.4, 0.5) is 0 Å². The summed E-state index contributed by atoms with van der Waals surface area (Å²) in [6, 6.07) is 16.3. The Labute approximate surface area is 224 Å². The number of carbonyl (C=O) groups excluding carboxylic acids is 1. The maximum Gasteiger partial charge on any atom is 0.494 e. The minimum Gasteiger partial charge on any atom is -0.465 e. The van der Waals surface area contributed by atoms with Crippen LogP contribution in [0.1, 0.15) is 43.6 Å². The molecular formula is C27H29BBrN3O5. The van der Waals surface area contributed by atoms with Crippen LogP contribution in [0.15, 0.2) is 76.3 Å². The normalized spacial score (nSPS) is 15.8. The molecule has 0 bridgehead atoms. The van der Waals surface area contributed by atoms with Crippen molar-refractivity contribution in [2.75, 3.05) is 7.11 Å². The highest BCUT2D eigenvalue weighted by molar-refractivity contribution is 9.10. The Kier molecular flexibility index (Phi) is 7.73. The number of aromatic amines is 1. The van der Waals surface area contributed by atoms with E-state index in [0.717, 1.165) is 26.4 Å². The molecule has 37 heavy (non-hydrogen) atoms. The third kappa shape index (κ3) is 6.03. The SMILES string of the molecule is CC1(C)OB(c2ccc3cn[nH]c3c2)OC1(C)C.COC(=O)c1cccc(Cn2cc(Br)ccc2=O)c1. The first-order valence-electron chi connectivity index (χ1n) is 11.8. The lowest BCUT2D eigenvalue weighted by Crippen LogP contribution is -2.41. The van der Waals surface area contributed by atoms with E-state index < -0.39 is 0 Å². The lowest BCUT2D eigenvalue weighted by Gasteiger charge is -2.32. The summed E-state index contributed by atoms with van der Waals surface area (Å²) in [6.07, 6.45) is 3.52. The fraction of sp³-hybridized carbons (Fsp3) is 0.296. The maximum atomic E-state index is 11.7. The summed E-state index contributed by atoms with van der Waals surface area (Å²) in [7, 11) is 1.02. The Hall–Kier alpha value is -3.21. The van der Waals surface area contributed by atoms with Gasteiger partial charge in [-0.1, -0.05) is 24.3 Å². The molecule has 4 aromatic rings. The minimum absolute atomic E-state index is 0.0910. The van der Waals surface area contributed by atoms with Crippen LogP contribution in [0.5, 0.6) is 0 Å². The zero-order valence-electron chi connectivity index (χ0n) is 21.4. The van der Waals surface area contributed by atoms with Crippen LogP contribution in [0.3, 0.4) is 0 Å². The standard InChI is InChI=1S/C14H12BrNO3.C13H17BN2O2/c1-19-14(18)11-4-2-3-10(7-11)8-16-9-12(15)5-6-13(16)17;1-12(2)13(3,4)18-14(17-12)10-6-5-9-8-15-16-11(9)7-10/h2-7,9H,8H2,1H3;5-8H,1-4H3,(H,15,16). The summed E-state index contributed by atoms with van der Waals surface area (Å²) < 4.78 is 19.1. The van der Waals surface area contributed by atoms with Gasteiger partial charge in [0.25, 0.3) is 5.56 Å². The lowest BCUT2D eigenvalue weighted by molar-refractivity contribution is 0.00578. The van der Waals surface area contributed by atoms with E-state index in [2.05, 4.69) is 58.6 Å². The molecule has 1 aliphatic rings. The number of benzene rings is 2. The van der Waals surface area contributed by atoms with Crippen LogP contribution in [0, 0.1) is 0 Å². The first-order valence-corrected chi connectivity index (χ1v) is 12.6. The summed E-state index contributed by atoms with van der Waals surface area (Å²) in [6.45, 7) is 8.63. The molecule has 0 aliphatic carbocycles. The number of pyridine rings is 1. The number of hydrogen-bond donors (Lipinski definition) is 1. The summed E-state index contributed by atoms with van der Waals surface area (Å²) in [4.78, 5) is 23.1. The minimum atomic E-state index is -0.386. The van der Waals surface area contributed by atoms with Gasteiger partial charge in [0.2, 0.25) is 0 Å². The Morgan fingerprint density at radius 1 is 1.08 bits per heavy atom. The Morgan fingerprint density at radius 2 is 1.81 bits per heavy atom. The number of ether oxygens (including phenoxy) is 1. The second-order valence-corrected chi connectivity index (χ2v) is 10.7. The zero-order valence-corrected chi connectivity index (χ0v) is 23.0. The van der Waals surface area contributed by atoms with Gasteiger partial charge in [-0.3, -0.25) is 9.89 Å². The average molecular weight is 566 g/mol. The van der Waals surface area contributed by atoms with Crippen LogP contribution < -0.4 is 11.0 Å². The van der Waals surface area contributed by atoms with Crippen molar-refractivity contribution < 1.29 is 18.8 Å². The van der Waals surface area contributed by atoms with Crippen molar-refractivity contribution in [3.63, 3.8) is 0 Å². The molecular weight excluding hydrogens is 537 g/mol. The van der Waals surface area contributed by atoms with Gasteiger partial charge in [-0.05, 0) is 78.9 Å². The van der Waals surface area contributed by atoms with Crippen LogP contribution in [0.25, 0.3) is 10.9 Å². The highest BCUT2D eigenvalue weighted by atomic mass is 79.9. The van der Waals surface area contributed by atoms with Gasteiger partial charge < -0.3 is 18.6 Å². The predicted octanol–water partition coefficient (Wildman–Crippen LogP) is 4.31. The third-order valence-electron chi connectivity index (χ3n) is 6.64. The van der Waals surface area contributed by atoms with Gasteiger partial charge in [0.15, 0.2) is 0 Å². The fourth-order valence-corrected chi connectivity index (χ4v) is 4.20. The summed E-state index contributed by atoms with van der Waals surface area (Å²) in [5, 5.41) is 8.08. The number of esters is 1. The molecule has 2 aromatic heterocycles. The number of hydrogen-bond acceptors (Lipinski definition) is 6. The molecule has 1 fully saturated rings. The molecule has 0 amide bonds. The highest BCUT2D eigenvalue weighted by Crippen LogP contribution is 2.36. The summed E-state index contributed by atoms with van der Waals surface area (Å²) in [5.41, 5.74) is 2.66. The van der Waals surface area contributed by atoms with E-state index in [1.165, 1.54) is 13.2 Å². The number of methoxy groups -OCH3 is 1. The molecule has 10 heteroatoms. The monoisotopic (exact) mass is 565 g/mol. The predicted molar refractivity (Wildman–Crippen MR) is 147 cm³/mol. The number of aromatic nitrogens is 3. The Bertz CT molecular complexity index is 1460. The third-order valence-corrected chi connectivity index (χ3v) is 7.11. The van der Waals surface area contributed by atoms with Crippen molar-refractivity contribution in [1.82, 2.24) is 14.8 Å². The number of H-pyrrole nitrogens is 1. The van der Waals surface area contributed by atoms with Gasteiger partial charge in [-0.15, -0.1) is 0 Å². The lowest BCUT2D eigenvalue weighted by atomic mass is 9.79. The maximum absolute atomic E-state index is 11.7. The van der Waals surface area contributed by atoms with E-state index in [0.29, 0.717) is 12.1 Å². The van der Waals surface area contributed by atoms with Crippen LogP contribution in [-0.4, -0.2) is 46.2 Å². The quantitative estimate of drug-likeness (QED) is 0.293. The number of fused-ring (bicyclic) bond motifs is 1.